The first kappa shape index (κ1) is 13.5. The van der Waals surface area contributed by atoms with Crippen molar-refractivity contribution in [1.29, 1.82) is 0 Å². The summed E-state index contributed by atoms with van der Waals surface area (Å²) < 4.78 is 5.66. The Morgan fingerprint density at radius 3 is 2.89 bits per heavy atom. The Morgan fingerprint density at radius 2 is 2.39 bits per heavy atom. The van der Waals surface area contributed by atoms with Crippen molar-refractivity contribution in [3.63, 3.8) is 0 Å². The molecular weight excluding hydrogens is 248 g/mol. The quantitative estimate of drug-likeness (QED) is 0.744. The van der Waals surface area contributed by atoms with Crippen molar-refractivity contribution >= 4 is 22.8 Å². The van der Waals surface area contributed by atoms with Crippen molar-refractivity contribution in [2.45, 2.75) is 39.2 Å². The summed E-state index contributed by atoms with van der Waals surface area (Å²) in [6.45, 7) is 6.80. The number of rotatable bonds is 6. The molecule has 18 heavy (non-hydrogen) atoms. The van der Waals surface area contributed by atoms with Gasteiger partial charge in [0.2, 0.25) is 0 Å². The zero-order chi connectivity index (χ0) is 13.0. The molecule has 0 spiro atoms. The van der Waals surface area contributed by atoms with E-state index in [2.05, 4.69) is 16.8 Å². The number of anilines is 1. The van der Waals surface area contributed by atoms with E-state index < -0.39 is 0 Å². The zero-order valence-corrected chi connectivity index (χ0v) is 11.8. The van der Waals surface area contributed by atoms with Gasteiger partial charge in [-0.3, -0.25) is 4.79 Å². The molecule has 1 aliphatic heterocycles. The van der Waals surface area contributed by atoms with Crippen LogP contribution < -0.4 is 4.90 Å². The summed E-state index contributed by atoms with van der Waals surface area (Å²) in [4.78, 5) is 18.5. The number of aryl methyl sites for hydroxylation is 1. The maximum atomic E-state index is 11.0. The number of aldehydes is 1. The first-order valence-corrected chi connectivity index (χ1v) is 7.41. The molecule has 1 unspecified atom stereocenters. The lowest BCUT2D eigenvalue weighted by molar-refractivity contribution is 0.112. The highest BCUT2D eigenvalue weighted by atomic mass is 32.1. The maximum absolute atomic E-state index is 11.0. The molecule has 1 aromatic heterocycles. The standard InChI is InChI=1S/C13H20N2O2S/c1-3-11-12(9-16)18-13(14-11)15(4-2)8-10-6-5-7-17-10/h9-10H,3-8H2,1-2H3. The monoisotopic (exact) mass is 268 g/mol. The minimum absolute atomic E-state index is 0.318. The number of nitrogens with zero attached hydrogens (tertiary/aromatic N) is 2. The van der Waals surface area contributed by atoms with Crippen LogP contribution in [0.15, 0.2) is 0 Å². The number of ether oxygens (including phenoxy) is 1. The summed E-state index contributed by atoms with van der Waals surface area (Å²) >= 11 is 1.49. The fourth-order valence-electron chi connectivity index (χ4n) is 2.21. The fourth-order valence-corrected chi connectivity index (χ4v) is 3.25. The summed E-state index contributed by atoms with van der Waals surface area (Å²) in [5.74, 6) is 0. The third-order valence-electron chi connectivity index (χ3n) is 3.26. The lowest BCUT2D eigenvalue weighted by Crippen LogP contribution is -2.31. The minimum atomic E-state index is 0.318. The number of aromatic nitrogens is 1. The second kappa shape index (κ2) is 6.29. The van der Waals surface area contributed by atoms with Gasteiger partial charge in [-0.05, 0) is 26.2 Å². The second-order valence-electron chi connectivity index (χ2n) is 4.45. The molecule has 2 heterocycles. The van der Waals surface area contributed by atoms with Gasteiger partial charge in [-0.1, -0.05) is 18.3 Å². The normalized spacial score (nSPS) is 19.1. The van der Waals surface area contributed by atoms with Gasteiger partial charge in [-0.25, -0.2) is 4.98 Å². The third kappa shape index (κ3) is 2.90. The number of hydrogen-bond donors (Lipinski definition) is 0. The molecule has 1 fully saturated rings. The van der Waals surface area contributed by atoms with Crippen LogP contribution in [0.4, 0.5) is 5.13 Å². The molecule has 1 aromatic rings. The number of hydrogen-bond acceptors (Lipinski definition) is 5. The molecule has 5 heteroatoms. The Hall–Kier alpha value is -0.940. The van der Waals surface area contributed by atoms with Crippen LogP contribution in [-0.4, -0.2) is 37.1 Å². The number of thiazole rings is 1. The van der Waals surface area contributed by atoms with E-state index in [0.29, 0.717) is 6.10 Å². The highest BCUT2D eigenvalue weighted by molar-refractivity contribution is 7.17. The van der Waals surface area contributed by atoms with Crippen molar-refractivity contribution < 1.29 is 9.53 Å². The average Bonchev–Trinajstić information content (AvgIpc) is 3.04. The van der Waals surface area contributed by atoms with Crippen LogP contribution in [0.2, 0.25) is 0 Å². The van der Waals surface area contributed by atoms with E-state index in [1.807, 2.05) is 6.92 Å². The Bertz CT molecular complexity index is 400. The summed E-state index contributed by atoms with van der Waals surface area (Å²) in [5.41, 5.74) is 0.913. The molecule has 1 aliphatic rings. The molecule has 1 saturated heterocycles. The van der Waals surface area contributed by atoms with E-state index in [1.165, 1.54) is 11.3 Å². The third-order valence-corrected chi connectivity index (χ3v) is 4.34. The van der Waals surface area contributed by atoms with Gasteiger partial charge in [-0.2, -0.15) is 0 Å². The fraction of sp³-hybridized carbons (Fsp3) is 0.692. The smallest absolute Gasteiger partial charge is 0.186 e. The number of carbonyl (C=O) groups excluding carboxylic acids is 1. The van der Waals surface area contributed by atoms with Crippen LogP contribution in [0.5, 0.6) is 0 Å². The maximum Gasteiger partial charge on any atom is 0.186 e. The summed E-state index contributed by atoms with van der Waals surface area (Å²) in [6, 6.07) is 0. The van der Waals surface area contributed by atoms with Crippen LogP contribution in [-0.2, 0) is 11.2 Å². The SMILES string of the molecule is CCc1nc(N(CC)CC2CCCO2)sc1C=O. The van der Waals surface area contributed by atoms with Gasteiger partial charge in [0.15, 0.2) is 11.4 Å². The molecule has 2 rings (SSSR count). The lowest BCUT2D eigenvalue weighted by Gasteiger charge is -2.23. The molecule has 0 radical (unpaired) electrons. The molecule has 100 valence electrons. The molecule has 1 atom stereocenters. The van der Waals surface area contributed by atoms with E-state index in [1.54, 1.807) is 0 Å². The molecule has 0 aliphatic carbocycles. The predicted octanol–water partition coefficient (Wildman–Crippen LogP) is 2.52. The van der Waals surface area contributed by atoms with Gasteiger partial charge in [0, 0.05) is 19.7 Å². The van der Waals surface area contributed by atoms with Crippen molar-refractivity contribution in [2.24, 2.45) is 0 Å². The van der Waals surface area contributed by atoms with Gasteiger partial charge < -0.3 is 9.64 Å². The summed E-state index contributed by atoms with van der Waals surface area (Å²) in [5, 5.41) is 0.951. The van der Waals surface area contributed by atoms with E-state index in [9.17, 15) is 4.79 Å². The molecule has 0 aromatic carbocycles. The number of carbonyl (C=O) groups is 1. The van der Waals surface area contributed by atoms with Crippen molar-refractivity contribution in [1.82, 2.24) is 4.98 Å². The van der Waals surface area contributed by atoms with E-state index >= 15 is 0 Å². The lowest BCUT2D eigenvalue weighted by atomic mass is 10.2. The van der Waals surface area contributed by atoms with Crippen LogP contribution in [0, 0.1) is 0 Å². The van der Waals surface area contributed by atoms with E-state index in [0.717, 1.165) is 60.9 Å². The van der Waals surface area contributed by atoms with Crippen molar-refractivity contribution in [2.75, 3.05) is 24.6 Å². The first-order chi connectivity index (χ1) is 8.78. The highest BCUT2D eigenvalue weighted by Crippen LogP contribution is 2.26. The van der Waals surface area contributed by atoms with Crippen LogP contribution in [0.25, 0.3) is 0 Å². The molecule has 0 N–H and O–H groups in total. The van der Waals surface area contributed by atoms with Crippen LogP contribution >= 0.6 is 11.3 Å². The molecular formula is C13H20N2O2S. The summed E-state index contributed by atoms with van der Waals surface area (Å²) in [6.07, 6.45) is 4.32. The predicted molar refractivity (Wildman–Crippen MR) is 73.7 cm³/mol. The van der Waals surface area contributed by atoms with Gasteiger partial charge in [0.1, 0.15) is 0 Å². The first-order valence-electron chi connectivity index (χ1n) is 6.59. The summed E-state index contributed by atoms with van der Waals surface area (Å²) in [7, 11) is 0. The minimum Gasteiger partial charge on any atom is -0.376 e. The molecule has 0 bridgehead atoms. The van der Waals surface area contributed by atoms with Gasteiger partial charge in [-0.15, -0.1) is 0 Å². The molecule has 0 saturated carbocycles. The van der Waals surface area contributed by atoms with Crippen LogP contribution in [0.3, 0.4) is 0 Å². The van der Waals surface area contributed by atoms with E-state index in [4.69, 9.17) is 4.74 Å². The Morgan fingerprint density at radius 1 is 1.56 bits per heavy atom. The number of likely N-dealkylation sites (N-methyl/N-ethyl adjacent to an activating group) is 1. The van der Waals surface area contributed by atoms with E-state index in [-0.39, 0.29) is 0 Å². The Balaban J connectivity index is 2.10. The Labute approximate surface area is 112 Å². The highest BCUT2D eigenvalue weighted by Gasteiger charge is 2.21. The van der Waals surface area contributed by atoms with Crippen molar-refractivity contribution in [3.8, 4) is 0 Å². The van der Waals surface area contributed by atoms with Crippen LogP contribution in [0.1, 0.15) is 42.1 Å². The van der Waals surface area contributed by atoms with Gasteiger partial charge >= 0.3 is 0 Å². The Kier molecular flexibility index (Phi) is 4.72. The topological polar surface area (TPSA) is 42.4 Å². The zero-order valence-electron chi connectivity index (χ0n) is 11.0. The largest absolute Gasteiger partial charge is 0.376 e. The molecule has 4 nitrogen and oxygen atoms in total. The van der Waals surface area contributed by atoms with Crippen molar-refractivity contribution in [3.05, 3.63) is 10.6 Å². The van der Waals surface area contributed by atoms with Gasteiger partial charge in [0.25, 0.3) is 0 Å². The second-order valence-corrected chi connectivity index (χ2v) is 5.46. The molecule has 0 amide bonds. The average molecular weight is 268 g/mol. The van der Waals surface area contributed by atoms with Gasteiger partial charge in [0.05, 0.1) is 16.7 Å².